The Morgan fingerprint density at radius 2 is 2.06 bits per heavy atom. The Bertz CT molecular complexity index is 1480. The number of fused-ring (bicyclic) bond motifs is 1. The molecule has 0 fully saturated rings. The van der Waals surface area contributed by atoms with Gasteiger partial charge in [-0.25, -0.2) is 13.8 Å². The zero-order chi connectivity index (χ0) is 23.0. The van der Waals surface area contributed by atoms with Crippen LogP contribution in [0.15, 0.2) is 46.7 Å². The number of amides is 1. The largest absolute Gasteiger partial charge is 0.319 e. The summed E-state index contributed by atoms with van der Waals surface area (Å²) in [5, 5.41) is 9.55. The summed E-state index contributed by atoms with van der Waals surface area (Å²) in [6.07, 6.45) is 0. The highest BCUT2D eigenvalue weighted by Gasteiger charge is 2.24. The first kappa shape index (κ1) is 21.6. The first-order chi connectivity index (χ1) is 15.3. The second kappa shape index (κ2) is 8.49. The molecule has 160 valence electrons. The van der Waals surface area contributed by atoms with Gasteiger partial charge in [-0.2, -0.15) is 5.26 Å². The number of carbonyl (C=O) groups is 1. The number of hydrogen-bond acceptors (Lipinski definition) is 5. The van der Waals surface area contributed by atoms with Crippen LogP contribution in [0.1, 0.15) is 26.5 Å². The van der Waals surface area contributed by atoms with Gasteiger partial charge in [0.25, 0.3) is 5.91 Å². The highest BCUT2D eigenvalue weighted by atomic mass is 35.5. The molecule has 1 N–H and O–H groups in total. The molecular weight excluding hydrogens is 458 g/mol. The number of rotatable bonds is 4. The molecule has 10 heteroatoms. The second-order valence-electron chi connectivity index (χ2n) is 6.88. The Morgan fingerprint density at radius 3 is 2.72 bits per heavy atom. The van der Waals surface area contributed by atoms with E-state index in [1.165, 1.54) is 34.7 Å². The predicted molar refractivity (Wildman–Crippen MR) is 118 cm³/mol. The number of halogens is 3. The first-order valence-electron chi connectivity index (χ1n) is 9.21. The predicted octanol–water partition coefficient (Wildman–Crippen LogP) is 4.94. The molecule has 0 aliphatic carbocycles. The van der Waals surface area contributed by atoms with Crippen LogP contribution < -0.4 is 10.5 Å². The summed E-state index contributed by atoms with van der Waals surface area (Å²) in [5.41, 5.74) is 2.03. The maximum Gasteiger partial charge on any atom is 0.270 e. The van der Waals surface area contributed by atoms with Gasteiger partial charge in [0.2, 0.25) is 5.56 Å². The first-order valence-corrected chi connectivity index (χ1v) is 10.5. The van der Waals surface area contributed by atoms with Gasteiger partial charge in [0.05, 0.1) is 33.9 Å². The number of hydrogen-bond donors (Lipinski definition) is 1. The number of anilines is 1. The van der Waals surface area contributed by atoms with Gasteiger partial charge in [0, 0.05) is 17.1 Å². The zero-order valence-electron chi connectivity index (χ0n) is 16.4. The van der Waals surface area contributed by atoms with Gasteiger partial charge in [-0.1, -0.05) is 11.6 Å². The van der Waals surface area contributed by atoms with Crippen LogP contribution in [0, 0.1) is 29.9 Å². The lowest BCUT2D eigenvalue weighted by molar-refractivity contribution is 0.0988. The number of H-pyrrole nitrogens is 1. The lowest BCUT2D eigenvalue weighted by atomic mass is 10.1. The number of pyridine rings is 1. The van der Waals surface area contributed by atoms with Crippen molar-refractivity contribution in [1.29, 1.82) is 5.26 Å². The molecule has 0 bridgehead atoms. The number of carbonyl (C=O) groups excluding carboxylic acids is 1. The number of nitriles is 1. The average Bonchev–Trinajstić information content (AvgIpc) is 3.20. The van der Waals surface area contributed by atoms with Gasteiger partial charge in [-0.15, -0.1) is 11.3 Å². The number of aromatic amines is 1. The molecule has 0 atom stereocenters. The van der Waals surface area contributed by atoms with Crippen LogP contribution in [0.25, 0.3) is 10.9 Å². The van der Waals surface area contributed by atoms with Crippen LogP contribution in [0.4, 0.5) is 14.5 Å². The molecule has 6 nitrogen and oxygen atoms in total. The molecule has 0 saturated carbocycles. The molecular formula is C22H13ClF2N4O2S. The molecule has 2 aromatic carbocycles. The van der Waals surface area contributed by atoms with Gasteiger partial charge in [0.15, 0.2) is 11.6 Å². The summed E-state index contributed by atoms with van der Waals surface area (Å²) in [7, 11) is 0. The van der Waals surface area contributed by atoms with Gasteiger partial charge in [-0.3, -0.25) is 9.59 Å². The SMILES string of the molecule is Cc1ncsc1C(=O)N(Cc1cc(=O)[nH]c2c(F)c(F)ccc12)c1ccc(C#N)c(Cl)c1. The fourth-order valence-corrected chi connectivity index (χ4v) is 4.28. The number of benzene rings is 2. The molecule has 2 aromatic heterocycles. The van der Waals surface area contributed by atoms with E-state index in [1.54, 1.807) is 13.0 Å². The van der Waals surface area contributed by atoms with Crippen LogP contribution >= 0.6 is 22.9 Å². The van der Waals surface area contributed by atoms with Gasteiger partial charge < -0.3 is 9.88 Å². The molecule has 0 aliphatic heterocycles. The molecule has 4 rings (SSSR count). The third-order valence-electron chi connectivity index (χ3n) is 4.89. The van der Waals surface area contributed by atoms with E-state index in [0.717, 1.165) is 17.4 Å². The number of nitrogens with one attached hydrogen (secondary N) is 1. The Balaban J connectivity index is 1.89. The van der Waals surface area contributed by atoms with Crippen LogP contribution in [-0.4, -0.2) is 15.9 Å². The molecule has 1 amide bonds. The maximum atomic E-state index is 14.3. The van der Waals surface area contributed by atoms with Crippen LogP contribution in [-0.2, 0) is 6.54 Å². The van der Waals surface area contributed by atoms with Crippen molar-refractivity contribution in [3.05, 3.63) is 90.6 Å². The standard InChI is InChI=1S/C22H13ClF2N4O2S/c1-11-21(32-10-27-11)22(31)29(14-3-2-12(8-26)16(23)7-14)9-13-6-18(30)28-20-15(13)4-5-17(24)19(20)25/h2-7,10H,9H2,1H3,(H,28,30). The Morgan fingerprint density at radius 1 is 1.28 bits per heavy atom. The Labute approximate surface area is 189 Å². The van der Waals surface area contributed by atoms with Crippen molar-refractivity contribution in [1.82, 2.24) is 9.97 Å². The van der Waals surface area contributed by atoms with E-state index in [9.17, 15) is 18.4 Å². The van der Waals surface area contributed by atoms with Crippen molar-refractivity contribution in [3.8, 4) is 6.07 Å². The van der Waals surface area contributed by atoms with Gasteiger partial charge in [-0.05, 0) is 42.8 Å². The van der Waals surface area contributed by atoms with E-state index in [1.807, 2.05) is 6.07 Å². The van der Waals surface area contributed by atoms with Crippen molar-refractivity contribution < 1.29 is 13.6 Å². The maximum absolute atomic E-state index is 14.3. The molecule has 32 heavy (non-hydrogen) atoms. The molecule has 4 aromatic rings. The molecule has 0 saturated heterocycles. The topological polar surface area (TPSA) is 89.8 Å². The number of aromatic nitrogens is 2. The minimum atomic E-state index is -1.18. The highest BCUT2D eigenvalue weighted by molar-refractivity contribution is 7.12. The van der Waals surface area contributed by atoms with Crippen molar-refractivity contribution in [2.45, 2.75) is 13.5 Å². The quantitative estimate of drug-likeness (QED) is 0.457. The average molecular weight is 471 g/mol. The minimum Gasteiger partial charge on any atom is -0.319 e. The number of aryl methyl sites for hydroxylation is 1. The summed E-state index contributed by atoms with van der Waals surface area (Å²) >= 11 is 7.33. The monoisotopic (exact) mass is 470 g/mol. The summed E-state index contributed by atoms with van der Waals surface area (Å²) < 4.78 is 28.0. The van der Waals surface area contributed by atoms with Crippen molar-refractivity contribution >= 4 is 45.4 Å². The minimum absolute atomic E-state index is 0.135. The van der Waals surface area contributed by atoms with E-state index in [4.69, 9.17) is 16.9 Å². The number of thiazole rings is 1. The smallest absolute Gasteiger partial charge is 0.270 e. The fraction of sp³-hybridized carbons (Fsp3) is 0.0909. The molecule has 0 aliphatic rings. The van der Waals surface area contributed by atoms with Crippen LogP contribution in [0.5, 0.6) is 0 Å². The van der Waals surface area contributed by atoms with Gasteiger partial charge in [0.1, 0.15) is 10.9 Å². The lowest BCUT2D eigenvalue weighted by Crippen LogP contribution is -2.31. The normalized spacial score (nSPS) is 10.8. The zero-order valence-corrected chi connectivity index (χ0v) is 18.0. The number of nitrogens with zero attached hydrogens (tertiary/aromatic N) is 3. The molecule has 2 heterocycles. The van der Waals surface area contributed by atoms with E-state index in [-0.39, 0.29) is 28.0 Å². The second-order valence-corrected chi connectivity index (χ2v) is 8.14. The van der Waals surface area contributed by atoms with E-state index >= 15 is 0 Å². The fourth-order valence-electron chi connectivity index (χ4n) is 3.31. The summed E-state index contributed by atoms with van der Waals surface area (Å²) in [4.78, 5) is 33.7. The van der Waals surface area contributed by atoms with Crippen LogP contribution in [0.2, 0.25) is 5.02 Å². The van der Waals surface area contributed by atoms with E-state index in [0.29, 0.717) is 21.8 Å². The Kier molecular flexibility index (Phi) is 5.74. The van der Waals surface area contributed by atoms with Crippen LogP contribution in [0.3, 0.4) is 0 Å². The molecule has 0 radical (unpaired) electrons. The third-order valence-corrected chi connectivity index (χ3v) is 6.12. The molecule has 0 unspecified atom stereocenters. The van der Waals surface area contributed by atoms with Crippen molar-refractivity contribution in [3.63, 3.8) is 0 Å². The van der Waals surface area contributed by atoms with Crippen molar-refractivity contribution in [2.75, 3.05) is 4.90 Å². The highest BCUT2D eigenvalue weighted by Crippen LogP contribution is 2.29. The van der Waals surface area contributed by atoms with E-state index < -0.39 is 23.1 Å². The lowest BCUT2D eigenvalue weighted by Gasteiger charge is -2.24. The van der Waals surface area contributed by atoms with Crippen molar-refractivity contribution in [2.24, 2.45) is 0 Å². The summed E-state index contributed by atoms with van der Waals surface area (Å²) in [6.45, 7) is 1.55. The van der Waals surface area contributed by atoms with Gasteiger partial charge >= 0.3 is 0 Å². The Hall–Kier alpha value is -3.61. The van der Waals surface area contributed by atoms with E-state index in [2.05, 4.69) is 9.97 Å². The third kappa shape index (κ3) is 3.86. The summed E-state index contributed by atoms with van der Waals surface area (Å²) in [5.74, 6) is -2.70. The summed E-state index contributed by atoms with van der Waals surface area (Å²) in [6, 6.07) is 9.96. The molecule has 0 spiro atoms.